The minimum atomic E-state index is -0.474. The van der Waals surface area contributed by atoms with Crippen LogP contribution in [0.1, 0.15) is 43.7 Å². The molecule has 1 aromatic carbocycles. The first-order chi connectivity index (χ1) is 11.7. The number of carbonyl (C=O) groups is 1. The van der Waals surface area contributed by atoms with Crippen molar-refractivity contribution in [3.8, 4) is 0 Å². The molecule has 7 heteroatoms. The molecule has 0 bridgehead atoms. The van der Waals surface area contributed by atoms with Gasteiger partial charge in [-0.3, -0.25) is 9.78 Å². The van der Waals surface area contributed by atoms with Crippen LogP contribution < -0.4 is 10.8 Å². The van der Waals surface area contributed by atoms with Crippen molar-refractivity contribution in [2.24, 2.45) is 0 Å². The Morgan fingerprint density at radius 2 is 1.80 bits per heavy atom. The lowest BCUT2D eigenvalue weighted by atomic mass is 9.76. The maximum atomic E-state index is 12.3. The van der Waals surface area contributed by atoms with Crippen LogP contribution in [0.25, 0.3) is 0 Å². The lowest BCUT2D eigenvalue weighted by Crippen LogP contribution is -2.41. The molecule has 0 saturated carbocycles. The minimum Gasteiger partial charge on any atom is -0.399 e. The van der Waals surface area contributed by atoms with E-state index < -0.39 is 18.3 Å². The Balaban J connectivity index is 1.83. The first kappa shape index (κ1) is 17.6. The van der Waals surface area contributed by atoms with E-state index in [1.807, 2.05) is 52.8 Å². The fraction of sp³-hybridized carbons (Fsp3) is 0.389. The zero-order chi connectivity index (χ0) is 18.2. The molecule has 1 saturated heterocycles. The molecule has 3 rings (SSSR count). The molecule has 130 valence electrons. The molecule has 1 fully saturated rings. The van der Waals surface area contributed by atoms with Gasteiger partial charge in [0, 0.05) is 18.1 Å². The molecule has 0 spiro atoms. The number of rotatable bonds is 3. The zero-order valence-corrected chi connectivity index (χ0v) is 15.2. The highest BCUT2D eigenvalue weighted by Gasteiger charge is 2.52. The van der Waals surface area contributed by atoms with Crippen LogP contribution in [0.2, 0.25) is 0 Å². The van der Waals surface area contributed by atoms with Gasteiger partial charge in [-0.25, -0.2) is 4.98 Å². The Kier molecular flexibility index (Phi) is 4.39. The van der Waals surface area contributed by atoms with E-state index in [0.29, 0.717) is 5.69 Å². The molecular formula is C18H22BN3O3. The average molecular weight is 339 g/mol. The number of benzene rings is 1. The predicted molar refractivity (Wildman–Crippen MR) is 96.9 cm³/mol. The quantitative estimate of drug-likeness (QED) is 0.869. The average Bonchev–Trinajstić information content (AvgIpc) is 2.78. The van der Waals surface area contributed by atoms with Crippen LogP contribution in [0.5, 0.6) is 0 Å². The molecule has 1 amide bonds. The minimum absolute atomic E-state index is 0.264. The van der Waals surface area contributed by atoms with Crippen molar-refractivity contribution in [1.29, 1.82) is 0 Å². The monoisotopic (exact) mass is 339 g/mol. The third-order valence-electron chi connectivity index (χ3n) is 4.84. The van der Waals surface area contributed by atoms with E-state index in [1.54, 1.807) is 0 Å². The van der Waals surface area contributed by atoms with E-state index in [1.165, 1.54) is 18.6 Å². The fourth-order valence-electron chi connectivity index (χ4n) is 2.55. The second-order valence-corrected chi connectivity index (χ2v) is 7.20. The summed E-state index contributed by atoms with van der Waals surface area (Å²) in [6.45, 7) is 10.1. The molecule has 2 heterocycles. The van der Waals surface area contributed by atoms with Gasteiger partial charge in [0.05, 0.1) is 17.4 Å². The summed E-state index contributed by atoms with van der Waals surface area (Å²) >= 11 is 0. The highest BCUT2D eigenvalue weighted by molar-refractivity contribution is 6.62. The maximum absolute atomic E-state index is 12.3. The van der Waals surface area contributed by atoms with E-state index in [0.717, 1.165) is 11.0 Å². The van der Waals surface area contributed by atoms with E-state index in [2.05, 4.69) is 15.3 Å². The summed E-state index contributed by atoms with van der Waals surface area (Å²) in [6, 6.07) is 5.66. The van der Waals surface area contributed by atoms with E-state index in [9.17, 15) is 4.79 Å². The molecule has 0 radical (unpaired) electrons. The maximum Gasteiger partial charge on any atom is 0.495 e. The van der Waals surface area contributed by atoms with Crippen molar-refractivity contribution in [1.82, 2.24) is 9.97 Å². The van der Waals surface area contributed by atoms with Gasteiger partial charge in [-0.2, -0.15) is 0 Å². The van der Waals surface area contributed by atoms with Crippen LogP contribution >= 0.6 is 0 Å². The van der Waals surface area contributed by atoms with Crippen LogP contribution in [-0.4, -0.2) is 34.2 Å². The third kappa shape index (κ3) is 3.43. The third-order valence-corrected chi connectivity index (χ3v) is 4.84. The van der Waals surface area contributed by atoms with Gasteiger partial charge in [-0.15, -0.1) is 0 Å². The van der Waals surface area contributed by atoms with Gasteiger partial charge in [-0.05, 0) is 52.2 Å². The molecule has 2 aromatic rings. The standard InChI is InChI=1S/C18H22BN3O3/c1-12-6-7-13(22-16(23)15-11-20-8-9-21-15)10-14(12)19-24-17(2,3)18(4,5)25-19/h6-11H,1-5H3,(H,22,23). The molecule has 6 nitrogen and oxygen atoms in total. The summed E-state index contributed by atoms with van der Waals surface area (Å²) < 4.78 is 12.2. The van der Waals surface area contributed by atoms with Crippen molar-refractivity contribution in [3.05, 3.63) is 48.0 Å². The Morgan fingerprint density at radius 1 is 1.12 bits per heavy atom. The number of carbonyl (C=O) groups excluding carboxylic acids is 1. The van der Waals surface area contributed by atoms with Crippen molar-refractivity contribution in [2.45, 2.75) is 45.8 Å². The lowest BCUT2D eigenvalue weighted by molar-refractivity contribution is 0.00578. The second-order valence-electron chi connectivity index (χ2n) is 7.20. The number of aryl methyl sites for hydroxylation is 1. The summed E-state index contributed by atoms with van der Waals surface area (Å²) in [7, 11) is -0.474. The molecule has 1 aromatic heterocycles. The van der Waals surface area contributed by atoms with E-state index in [4.69, 9.17) is 9.31 Å². The number of hydrogen-bond acceptors (Lipinski definition) is 5. The summed E-state index contributed by atoms with van der Waals surface area (Å²) in [6.07, 6.45) is 4.44. The summed E-state index contributed by atoms with van der Waals surface area (Å²) in [5, 5.41) is 2.84. The first-order valence-electron chi connectivity index (χ1n) is 8.23. The second kappa shape index (κ2) is 6.24. The molecule has 25 heavy (non-hydrogen) atoms. The normalized spacial score (nSPS) is 18.2. The smallest absolute Gasteiger partial charge is 0.399 e. The number of hydrogen-bond donors (Lipinski definition) is 1. The van der Waals surface area contributed by atoms with Gasteiger partial charge >= 0.3 is 7.12 Å². The number of amides is 1. The summed E-state index contributed by atoms with van der Waals surface area (Å²) in [4.78, 5) is 20.2. The Hall–Kier alpha value is -2.25. The number of nitrogens with zero attached hydrogens (tertiary/aromatic N) is 2. The Morgan fingerprint density at radius 3 is 2.40 bits per heavy atom. The first-order valence-corrected chi connectivity index (χ1v) is 8.23. The number of anilines is 1. The van der Waals surface area contributed by atoms with E-state index >= 15 is 0 Å². The van der Waals surface area contributed by atoms with Crippen molar-refractivity contribution in [3.63, 3.8) is 0 Å². The molecule has 0 aliphatic carbocycles. The number of aromatic nitrogens is 2. The molecule has 0 unspecified atom stereocenters. The molecule has 1 aliphatic rings. The van der Waals surface area contributed by atoms with Crippen LogP contribution in [0.15, 0.2) is 36.8 Å². The van der Waals surface area contributed by atoms with Gasteiger partial charge in [-0.1, -0.05) is 11.6 Å². The van der Waals surface area contributed by atoms with Gasteiger partial charge in [0.1, 0.15) is 5.69 Å². The molecule has 1 aliphatic heterocycles. The topological polar surface area (TPSA) is 73.3 Å². The molecule has 1 N–H and O–H groups in total. The summed E-state index contributed by atoms with van der Waals surface area (Å²) in [5.41, 5.74) is 2.03. The van der Waals surface area contributed by atoms with Crippen LogP contribution in [0.3, 0.4) is 0 Å². The fourth-order valence-corrected chi connectivity index (χ4v) is 2.55. The molecular weight excluding hydrogens is 317 g/mol. The molecule has 0 atom stereocenters. The van der Waals surface area contributed by atoms with Crippen LogP contribution in [-0.2, 0) is 9.31 Å². The van der Waals surface area contributed by atoms with Crippen molar-refractivity contribution >= 4 is 24.2 Å². The van der Waals surface area contributed by atoms with Gasteiger partial charge in [0.2, 0.25) is 0 Å². The predicted octanol–water partition coefficient (Wildman–Crippen LogP) is 2.34. The van der Waals surface area contributed by atoms with Crippen LogP contribution in [0.4, 0.5) is 5.69 Å². The van der Waals surface area contributed by atoms with Crippen LogP contribution in [0, 0.1) is 6.92 Å². The SMILES string of the molecule is Cc1ccc(NC(=O)c2cnccn2)cc1B1OC(C)(C)C(C)(C)O1. The Labute approximate surface area is 148 Å². The lowest BCUT2D eigenvalue weighted by Gasteiger charge is -2.32. The van der Waals surface area contributed by atoms with E-state index in [-0.39, 0.29) is 11.6 Å². The zero-order valence-electron chi connectivity index (χ0n) is 15.2. The van der Waals surface area contributed by atoms with Gasteiger partial charge in [0.25, 0.3) is 5.91 Å². The van der Waals surface area contributed by atoms with Crippen molar-refractivity contribution in [2.75, 3.05) is 5.32 Å². The van der Waals surface area contributed by atoms with Gasteiger partial charge < -0.3 is 14.6 Å². The Bertz CT molecular complexity index is 777. The largest absolute Gasteiger partial charge is 0.495 e. The number of nitrogens with one attached hydrogen (secondary N) is 1. The highest BCUT2D eigenvalue weighted by Crippen LogP contribution is 2.36. The summed E-state index contributed by atoms with van der Waals surface area (Å²) in [5.74, 6) is -0.308. The van der Waals surface area contributed by atoms with Crippen molar-refractivity contribution < 1.29 is 14.1 Å². The highest BCUT2D eigenvalue weighted by atomic mass is 16.7. The van der Waals surface area contributed by atoms with Gasteiger partial charge in [0.15, 0.2) is 0 Å².